The van der Waals surface area contributed by atoms with E-state index in [4.69, 9.17) is 10.3 Å². The minimum Gasteiger partial charge on any atom is -0.380 e. The predicted octanol–water partition coefficient (Wildman–Crippen LogP) is 4.12. The summed E-state index contributed by atoms with van der Waals surface area (Å²) in [5, 5.41) is 4.86. The lowest BCUT2D eigenvalue weighted by Gasteiger charge is -2.03. The first kappa shape index (κ1) is 12.4. The lowest BCUT2D eigenvalue weighted by molar-refractivity contribution is 0.437. The Morgan fingerprint density at radius 2 is 2.11 bits per heavy atom. The zero-order valence-electron chi connectivity index (χ0n) is 10.1. The van der Waals surface area contributed by atoms with Crippen molar-refractivity contribution in [1.29, 1.82) is 0 Å². The summed E-state index contributed by atoms with van der Waals surface area (Å²) >= 11 is 5.08. The van der Waals surface area contributed by atoms with Crippen LogP contribution in [0.25, 0.3) is 21.8 Å². The molecule has 0 bridgehead atoms. The number of hydrogen-bond acceptors (Lipinski definition) is 5. The highest BCUT2D eigenvalue weighted by Crippen LogP contribution is 2.41. The number of hydrogen-bond donors (Lipinski definition) is 1. The second-order valence-electron chi connectivity index (χ2n) is 4.00. The van der Waals surface area contributed by atoms with Crippen LogP contribution in [0.2, 0.25) is 0 Å². The molecule has 0 spiro atoms. The molecule has 2 aromatic heterocycles. The Labute approximate surface area is 122 Å². The Morgan fingerprint density at radius 1 is 1.32 bits per heavy atom. The van der Waals surface area contributed by atoms with Crippen molar-refractivity contribution in [1.82, 2.24) is 10.1 Å². The average Bonchev–Trinajstić information content (AvgIpc) is 2.96. The predicted molar refractivity (Wildman–Crippen MR) is 79.9 cm³/mol. The molecule has 0 radical (unpaired) electrons. The third-order valence-corrected chi connectivity index (χ3v) is 4.31. The van der Waals surface area contributed by atoms with Crippen molar-refractivity contribution in [2.75, 3.05) is 5.73 Å². The lowest BCUT2D eigenvalue weighted by Crippen LogP contribution is -1.89. The summed E-state index contributed by atoms with van der Waals surface area (Å²) in [6.07, 6.45) is 1.78. The molecule has 1 aromatic carbocycles. The van der Waals surface area contributed by atoms with Crippen molar-refractivity contribution in [3.63, 3.8) is 0 Å². The molecule has 0 aliphatic heterocycles. The summed E-state index contributed by atoms with van der Waals surface area (Å²) in [7, 11) is 0. The van der Waals surface area contributed by atoms with Crippen LogP contribution in [-0.4, -0.2) is 10.1 Å². The molecule has 0 saturated heterocycles. The number of nitrogens with two attached hydrogens (primary N) is 1. The zero-order valence-corrected chi connectivity index (χ0v) is 12.5. The van der Waals surface area contributed by atoms with Gasteiger partial charge in [-0.15, -0.1) is 11.3 Å². The molecular weight excluding hydrogens is 326 g/mol. The van der Waals surface area contributed by atoms with Crippen molar-refractivity contribution < 1.29 is 4.52 Å². The molecule has 2 N–H and O–H groups in total. The standard InChI is InChI=1S/C13H10BrN3OS/c1-7-16-6-10(19-7)12-11(13(15)17-18-12)8-4-2-3-5-9(8)14/h2-6H,1H3,(H2,15,17). The van der Waals surface area contributed by atoms with Crippen LogP contribution >= 0.6 is 27.3 Å². The third kappa shape index (κ3) is 2.17. The fraction of sp³-hybridized carbons (Fsp3) is 0.0769. The van der Waals surface area contributed by atoms with Gasteiger partial charge in [0.1, 0.15) is 0 Å². The van der Waals surface area contributed by atoms with Gasteiger partial charge in [0, 0.05) is 16.2 Å². The number of thiazole rings is 1. The number of aryl methyl sites for hydroxylation is 1. The highest BCUT2D eigenvalue weighted by atomic mass is 79.9. The van der Waals surface area contributed by atoms with Gasteiger partial charge in [0.05, 0.1) is 15.4 Å². The molecular formula is C13H10BrN3OS. The highest BCUT2D eigenvalue weighted by Gasteiger charge is 2.20. The van der Waals surface area contributed by atoms with Crippen LogP contribution in [0.4, 0.5) is 5.82 Å². The van der Waals surface area contributed by atoms with Crippen molar-refractivity contribution in [2.45, 2.75) is 6.92 Å². The number of nitrogen functional groups attached to an aromatic ring is 1. The van der Waals surface area contributed by atoms with Crippen molar-refractivity contribution in [3.8, 4) is 21.8 Å². The summed E-state index contributed by atoms with van der Waals surface area (Å²) in [5.41, 5.74) is 7.71. The minimum atomic E-state index is 0.382. The first-order valence-corrected chi connectivity index (χ1v) is 7.20. The second kappa shape index (κ2) is 4.79. The number of anilines is 1. The molecule has 2 heterocycles. The maximum Gasteiger partial charge on any atom is 0.188 e. The zero-order chi connectivity index (χ0) is 13.4. The second-order valence-corrected chi connectivity index (χ2v) is 6.08. The van der Waals surface area contributed by atoms with Gasteiger partial charge < -0.3 is 10.3 Å². The molecule has 96 valence electrons. The lowest BCUT2D eigenvalue weighted by atomic mass is 10.1. The summed E-state index contributed by atoms with van der Waals surface area (Å²) in [6.45, 7) is 1.95. The van der Waals surface area contributed by atoms with Crippen LogP contribution in [-0.2, 0) is 0 Å². The van der Waals surface area contributed by atoms with Gasteiger partial charge in [-0.2, -0.15) is 0 Å². The van der Waals surface area contributed by atoms with Gasteiger partial charge in [0.2, 0.25) is 0 Å². The van der Waals surface area contributed by atoms with Crippen LogP contribution in [0, 0.1) is 6.92 Å². The van der Waals surface area contributed by atoms with Crippen molar-refractivity contribution >= 4 is 33.1 Å². The molecule has 0 unspecified atom stereocenters. The molecule has 0 amide bonds. The smallest absolute Gasteiger partial charge is 0.188 e. The fourth-order valence-corrected chi connectivity index (χ4v) is 3.11. The van der Waals surface area contributed by atoms with E-state index in [-0.39, 0.29) is 0 Å². The molecule has 3 rings (SSSR count). The number of rotatable bonds is 2. The first-order valence-electron chi connectivity index (χ1n) is 5.59. The molecule has 0 aliphatic rings. The van der Waals surface area contributed by atoms with Gasteiger partial charge in [-0.05, 0) is 13.0 Å². The van der Waals surface area contributed by atoms with E-state index in [1.165, 1.54) is 0 Å². The third-order valence-electron chi connectivity index (χ3n) is 2.71. The quantitative estimate of drug-likeness (QED) is 0.765. The summed E-state index contributed by atoms with van der Waals surface area (Å²) in [5.74, 6) is 1.04. The van der Waals surface area contributed by atoms with E-state index in [9.17, 15) is 0 Å². The molecule has 6 heteroatoms. The summed E-state index contributed by atoms with van der Waals surface area (Å²) < 4.78 is 6.33. The number of benzene rings is 1. The Hall–Kier alpha value is -1.66. The van der Waals surface area contributed by atoms with Gasteiger partial charge in [0.15, 0.2) is 11.6 Å². The van der Waals surface area contributed by atoms with Crippen LogP contribution in [0.1, 0.15) is 5.01 Å². The molecule has 3 aromatic rings. The Kier molecular flexibility index (Phi) is 3.12. The average molecular weight is 336 g/mol. The largest absolute Gasteiger partial charge is 0.380 e. The fourth-order valence-electron chi connectivity index (χ4n) is 1.86. The molecule has 0 saturated carbocycles. The Bertz CT molecular complexity index is 735. The maximum absolute atomic E-state index is 5.94. The Balaban J connectivity index is 2.22. The van der Waals surface area contributed by atoms with E-state index in [0.717, 1.165) is 25.5 Å². The van der Waals surface area contributed by atoms with Gasteiger partial charge in [-0.1, -0.05) is 39.3 Å². The molecule has 0 aliphatic carbocycles. The van der Waals surface area contributed by atoms with Crippen LogP contribution in [0.5, 0.6) is 0 Å². The van der Waals surface area contributed by atoms with Crippen molar-refractivity contribution in [3.05, 3.63) is 39.9 Å². The first-order chi connectivity index (χ1) is 9.16. The van der Waals surface area contributed by atoms with Gasteiger partial charge in [0.25, 0.3) is 0 Å². The number of aromatic nitrogens is 2. The monoisotopic (exact) mass is 335 g/mol. The molecule has 0 atom stereocenters. The van der Waals surface area contributed by atoms with E-state index >= 15 is 0 Å². The number of nitrogens with zero attached hydrogens (tertiary/aromatic N) is 2. The molecule has 19 heavy (non-hydrogen) atoms. The molecule has 0 fully saturated rings. The van der Waals surface area contributed by atoms with E-state index in [0.29, 0.717) is 11.6 Å². The van der Waals surface area contributed by atoms with Crippen LogP contribution < -0.4 is 5.73 Å². The van der Waals surface area contributed by atoms with Gasteiger partial charge in [-0.25, -0.2) is 4.98 Å². The van der Waals surface area contributed by atoms with E-state index in [1.807, 2.05) is 31.2 Å². The highest BCUT2D eigenvalue weighted by molar-refractivity contribution is 9.10. The minimum absolute atomic E-state index is 0.382. The van der Waals surface area contributed by atoms with Crippen LogP contribution in [0.15, 0.2) is 39.5 Å². The Morgan fingerprint density at radius 3 is 2.79 bits per heavy atom. The van der Waals surface area contributed by atoms with Crippen molar-refractivity contribution in [2.24, 2.45) is 0 Å². The number of halogens is 1. The SMILES string of the molecule is Cc1ncc(-c2onc(N)c2-c2ccccc2Br)s1. The van der Waals surface area contributed by atoms with Gasteiger partial charge in [-0.3, -0.25) is 0 Å². The maximum atomic E-state index is 5.94. The topological polar surface area (TPSA) is 64.9 Å². The molecule has 4 nitrogen and oxygen atoms in total. The normalized spacial score (nSPS) is 10.8. The van der Waals surface area contributed by atoms with E-state index in [2.05, 4.69) is 26.1 Å². The summed E-state index contributed by atoms with van der Waals surface area (Å²) in [6, 6.07) is 7.84. The van der Waals surface area contributed by atoms with Gasteiger partial charge >= 0.3 is 0 Å². The van der Waals surface area contributed by atoms with E-state index in [1.54, 1.807) is 17.5 Å². The van der Waals surface area contributed by atoms with Crippen LogP contribution in [0.3, 0.4) is 0 Å². The van der Waals surface area contributed by atoms with E-state index < -0.39 is 0 Å². The summed E-state index contributed by atoms with van der Waals surface area (Å²) in [4.78, 5) is 5.16.